The Bertz CT molecular complexity index is 2170. The van der Waals surface area contributed by atoms with Gasteiger partial charge >= 0.3 is 0 Å². The van der Waals surface area contributed by atoms with Gasteiger partial charge in [-0.2, -0.15) is 37.3 Å². The van der Waals surface area contributed by atoms with E-state index in [0.29, 0.717) is 11.1 Å². The van der Waals surface area contributed by atoms with Crippen molar-refractivity contribution in [2.24, 2.45) is 20.5 Å². The minimum absolute atomic E-state index is 0.104. The van der Waals surface area contributed by atoms with Crippen molar-refractivity contribution < 1.29 is 45.1 Å². The summed E-state index contributed by atoms with van der Waals surface area (Å²) in [4.78, 5) is 49.1. The number of halogens is 2. The Labute approximate surface area is 306 Å². The van der Waals surface area contributed by atoms with E-state index in [1.54, 1.807) is 12.1 Å². The van der Waals surface area contributed by atoms with Crippen molar-refractivity contribution in [1.82, 2.24) is 0 Å². The number of rotatable bonds is 13. The lowest BCUT2D eigenvalue weighted by atomic mass is 10.0. The summed E-state index contributed by atoms with van der Waals surface area (Å²) in [6.07, 6.45) is 0. The first-order chi connectivity index (χ1) is 24.3. The summed E-state index contributed by atoms with van der Waals surface area (Å²) in [6.45, 7) is 2.27. The number of carbonyl (C=O) groups is 4. The number of anilines is 2. The molecule has 0 unspecified atom stereocenters. The maximum absolute atomic E-state index is 12.7. The van der Waals surface area contributed by atoms with E-state index in [1.807, 2.05) is 0 Å². The molecule has 0 aromatic heterocycles. The topological polar surface area (TPSA) is 251 Å². The molecule has 0 aliphatic rings. The highest BCUT2D eigenvalue weighted by molar-refractivity contribution is 7.86. The van der Waals surface area contributed by atoms with Gasteiger partial charge in [0.2, 0.25) is 12.1 Å². The normalized spacial score (nSPS) is 13.1. The molecule has 0 bridgehead atoms. The Hall–Kier alpha value is -5.24. The first kappa shape index (κ1) is 39.5. The maximum atomic E-state index is 12.7. The Morgan fingerprint density at radius 1 is 0.577 bits per heavy atom. The maximum Gasteiger partial charge on any atom is 0.294 e. The molecule has 4 rings (SSSR count). The molecule has 4 N–H and O–H groups in total. The number of ketones is 2. The molecule has 0 fully saturated rings. The third kappa shape index (κ3) is 10.4. The molecule has 0 aliphatic carbocycles. The van der Waals surface area contributed by atoms with Gasteiger partial charge in [0, 0.05) is 11.4 Å². The van der Waals surface area contributed by atoms with Gasteiger partial charge in [-0.15, -0.1) is 0 Å². The summed E-state index contributed by atoms with van der Waals surface area (Å²) in [5.74, 6) is -2.98. The molecule has 2 amide bonds. The van der Waals surface area contributed by atoms with Crippen LogP contribution >= 0.6 is 23.2 Å². The minimum Gasteiger partial charge on any atom is -0.324 e. The zero-order valence-electron chi connectivity index (χ0n) is 26.8. The largest absolute Gasteiger partial charge is 0.324 e. The molecule has 2 atom stereocenters. The lowest BCUT2D eigenvalue weighted by molar-refractivity contribution is -0.127. The van der Waals surface area contributed by atoms with Crippen molar-refractivity contribution in [1.29, 1.82) is 0 Å². The van der Waals surface area contributed by atoms with E-state index >= 15 is 0 Å². The molecule has 16 nitrogen and oxygen atoms in total. The van der Waals surface area contributed by atoms with Crippen LogP contribution in [0.4, 0.5) is 22.7 Å². The lowest BCUT2D eigenvalue weighted by Crippen LogP contribution is -2.31. The summed E-state index contributed by atoms with van der Waals surface area (Å²) in [7, 11) is -8.87. The highest BCUT2D eigenvalue weighted by Crippen LogP contribution is 2.35. The predicted octanol–water partition coefficient (Wildman–Crippen LogP) is 6.51. The van der Waals surface area contributed by atoms with Gasteiger partial charge < -0.3 is 10.6 Å². The van der Waals surface area contributed by atoms with E-state index in [0.717, 1.165) is 38.1 Å². The molecule has 52 heavy (non-hydrogen) atoms. The molecular formula is C32H26Cl2N6O10S2. The minimum atomic E-state index is -4.44. The van der Waals surface area contributed by atoms with Crippen LogP contribution in [0.15, 0.2) is 115 Å². The highest BCUT2D eigenvalue weighted by atomic mass is 35.5. The van der Waals surface area contributed by atoms with Gasteiger partial charge in [-0.25, -0.2) is 0 Å². The molecular weight excluding hydrogens is 763 g/mol. The number of amides is 2. The van der Waals surface area contributed by atoms with E-state index in [4.69, 9.17) is 32.3 Å². The molecule has 4 aromatic carbocycles. The quantitative estimate of drug-likeness (QED) is 0.0649. The van der Waals surface area contributed by atoms with E-state index in [9.17, 15) is 36.0 Å². The summed E-state index contributed by atoms with van der Waals surface area (Å²) in [5.41, 5.74) is 1.68. The van der Waals surface area contributed by atoms with Gasteiger partial charge in [-0.1, -0.05) is 35.3 Å². The molecule has 270 valence electrons. The van der Waals surface area contributed by atoms with Crippen LogP contribution in [0.3, 0.4) is 0 Å². The Kier molecular flexibility index (Phi) is 12.5. The number of Topliss-reactive ketones (excluding diaryl/α,β-unsaturated/α-hetero) is 2. The van der Waals surface area contributed by atoms with E-state index in [1.165, 1.54) is 48.5 Å². The Morgan fingerprint density at radius 2 is 0.904 bits per heavy atom. The second-order valence-electron chi connectivity index (χ2n) is 10.8. The summed E-state index contributed by atoms with van der Waals surface area (Å²) >= 11 is 12.8. The van der Waals surface area contributed by atoms with E-state index in [-0.39, 0.29) is 42.6 Å². The number of benzene rings is 4. The van der Waals surface area contributed by atoms with Gasteiger partial charge in [0.25, 0.3) is 32.1 Å². The van der Waals surface area contributed by atoms with Crippen LogP contribution in [0.5, 0.6) is 0 Å². The number of nitrogens with zero attached hydrogens (tertiary/aromatic N) is 4. The number of hydrogen-bond acceptors (Lipinski definition) is 12. The van der Waals surface area contributed by atoms with E-state index in [2.05, 4.69) is 31.1 Å². The van der Waals surface area contributed by atoms with Crippen molar-refractivity contribution in [2.45, 2.75) is 35.7 Å². The molecule has 0 radical (unpaired) electrons. The van der Waals surface area contributed by atoms with Gasteiger partial charge in [-0.3, -0.25) is 28.3 Å². The second-order valence-corrected chi connectivity index (χ2v) is 14.4. The predicted molar refractivity (Wildman–Crippen MR) is 190 cm³/mol. The van der Waals surface area contributed by atoms with Gasteiger partial charge in [0.15, 0.2) is 11.6 Å². The van der Waals surface area contributed by atoms with Crippen molar-refractivity contribution in [3.05, 3.63) is 95.0 Å². The Morgan fingerprint density at radius 3 is 1.17 bits per heavy atom. The fraction of sp³-hybridized carbons (Fsp3) is 0.125. The third-order valence-corrected chi connectivity index (χ3v) is 9.24. The number of nitrogens with one attached hydrogen (secondary N) is 2. The van der Waals surface area contributed by atoms with Crippen LogP contribution in [0.1, 0.15) is 13.8 Å². The van der Waals surface area contributed by atoms with Gasteiger partial charge in [-0.05, 0) is 97.8 Å². The fourth-order valence-electron chi connectivity index (χ4n) is 4.25. The monoisotopic (exact) mass is 788 g/mol. The molecule has 0 spiro atoms. The van der Waals surface area contributed by atoms with Crippen molar-refractivity contribution in [3.8, 4) is 11.1 Å². The molecule has 20 heteroatoms. The van der Waals surface area contributed by atoms with Crippen molar-refractivity contribution >= 4 is 89.6 Å². The highest BCUT2D eigenvalue weighted by Gasteiger charge is 2.25. The molecule has 4 aromatic rings. The smallest absolute Gasteiger partial charge is 0.294 e. The van der Waals surface area contributed by atoms with Crippen LogP contribution in [0.2, 0.25) is 10.0 Å². The molecule has 0 aliphatic heterocycles. The number of carbonyl (C=O) groups excluding carboxylic acids is 4. The van der Waals surface area contributed by atoms with Gasteiger partial charge in [0.1, 0.15) is 11.4 Å². The standard InChI is InChI=1S/C32H26Cl2N6O10S2/c1-17(41)29(31(43)35-21-5-9-23(10-6-21)51(45,46)47)39-37-27-13-3-19(15-25(27)33)20-4-14-28(26(34)16-20)38-40-30(18(2)42)32(44)36-22-7-11-24(12-8-22)52(48,49)50/h3-16,29-30H,1-2H3,(H,35,43)(H,36,44)(H,45,46,47)(H,48,49,50)/t29-,30-/m1/s1. The summed E-state index contributed by atoms with van der Waals surface area (Å²) in [5, 5.41) is 20.7. The van der Waals surface area contributed by atoms with Crippen LogP contribution < -0.4 is 10.6 Å². The average molecular weight is 790 g/mol. The SMILES string of the molecule is CC(=O)[C@@H](N=Nc1ccc(-c2ccc(N=N[C@H](C(C)=O)C(=O)Nc3ccc(S(=O)(=O)O)cc3)c(Cl)c2)cc1Cl)C(=O)Nc1ccc(S(=O)(=O)O)cc1. The Balaban J connectivity index is 1.45. The zero-order valence-corrected chi connectivity index (χ0v) is 29.9. The van der Waals surface area contributed by atoms with Gasteiger partial charge in [0.05, 0.1) is 19.8 Å². The lowest BCUT2D eigenvalue weighted by Gasteiger charge is -2.10. The number of hydrogen-bond donors (Lipinski definition) is 4. The summed E-state index contributed by atoms with van der Waals surface area (Å²) in [6, 6.07) is 15.3. The van der Waals surface area contributed by atoms with Crippen LogP contribution in [-0.4, -0.2) is 61.4 Å². The van der Waals surface area contributed by atoms with Crippen LogP contribution in [0, 0.1) is 0 Å². The third-order valence-electron chi connectivity index (χ3n) is 6.90. The average Bonchev–Trinajstić information content (AvgIpc) is 3.05. The summed E-state index contributed by atoms with van der Waals surface area (Å²) < 4.78 is 63.1. The van der Waals surface area contributed by atoms with E-state index < -0.39 is 55.7 Å². The molecule has 0 saturated heterocycles. The zero-order chi connectivity index (χ0) is 38.4. The molecule has 0 heterocycles. The molecule has 0 saturated carbocycles. The fourth-order valence-corrected chi connectivity index (χ4v) is 5.65. The number of azo groups is 2. The first-order valence-electron chi connectivity index (χ1n) is 14.5. The van der Waals surface area contributed by atoms with Crippen molar-refractivity contribution in [3.63, 3.8) is 0 Å². The van der Waals surface area contributed by atoms with Crippen molar-refractivity contribution in [2.75, 3.05) is 10.6 Å². The second kappa shape index (κ2) is 16.4. The van der Waals surface area contributed by atoms with Crippen LogP contribution in [-0.2, 0) is 39.4 Å². The first-order valence-corrected chi connectivity index (χ1v) is 18.2. The van der Waals surface area contributed by atoms with Crippen LogP contribution in [0.25, 0.3) is 11.1 Å².